The average Bonchev–Trinajstić information content (AvgIpc) is 2.90. The Kier molecular flexibility index (Phi) is 5.76. The summed E-state index contributed by atoms with van der Waals surface area (Å²) in [7, 11) is 1.57. The van der Waals surface area contributed by atoms with Gasteiger partial charge in [0, 0.05) is 20.0 Å². The molecule has 0 saturated carbocycles. The highest BCUT2D eigenvalue weighted by atomic mass is 16.4. The second kappa shape index (κ2) is 7.32. The van der Waals surface area contributed by atoms with Crippen molar-refractivity contribution in [2.45, 2.75) is 25.8 Å². The molecule has 1 heterocycles. The van der Waals surface area contributed by atoms with Crippen molar-refractivity contribution in [1.29, 1.82) is 0 Å². The van der Waals surface area contributed by atoms with E-state index >= 15 is 0 Å². The van der Waals surface area contributed by atoms with Crippen LogP contribution in [0.4, 0.5) is 0 Å². The highest BCUT2D eigenvalue weighted by Gasteiger charge is 2.20. The van der Waals surface area contributed by atoms with Crippen LogP contribution in [-0.2, 0) is 9.59 Å². The van der Waals surface area contributed by atoms with E-state index in [-0.39, 0.29) is 18.1 Å². The lowest BCUT2D eigenvalue weighted by atomic mass is 10.2. The molecule has 0 radical (unpaired) electrons. The van der Waals surface area contributed by atoms with Crippen LogP contribution in [0, 0.1) is 0 Å². The van der Waals surface area contributed by atoms with E-state index in [2.05, 4.69) is 5.32 Å². The molecule has 1 aromatic rings. The van der Waals surface area contributed by atoms with E-state index < -0.39 is 17.9 Å². The lowest BCUT2D eigenvalue weighted by Gasteiger charge is -2.21. The molecule has 2 amide bonds. The Hall–Kier alpha value is -2.31. The Morgan fingerprint density at radius 1 is 1.45 bits per heavy atom. The van der Waals surface area contributed by atoms with Crippen molar-refractivity contribution in [3.05, 3.63) is 24.2 Å². The number of carbonyl (C=O) groups excluding carboxylic acids is 2. The van der Waals surface area contributed by atoms with Crippen molar-refractivity contribution < 1.29 is 23.9 Å². The van der Waals surface area contributed by atoms with Gasteiger partial charge in [0.25, 0.3) is 5.91 Å². The maximum absolute atomic E-state index is 12.0. The first-order valence-corrected chi connectivity index (χ1v) is 6.23. The molecule has 7 heteroatoms. The molecule has 110 valence electrons. The molecule has 7 nitrogen and oxygen atoms in total. The number of rotatable bonds is 7. The third-order valence-corrected chi connectivity index (χ3v) is 2.72. The van der Waals surface area contributed by atoms with Gasteiger partial charge in [0.2, 0.25) is 5.91 Å². The molecule has 0 spiro atoms. The Labute approximate surface area is 116 Å². The summed E-state index contributed by atoms with van der Waals surface area (Å²) in [6, 6.07) is 2.38. The fraction of sp³-hybridized carbons (Fsp3) is 0.462. The van der Waals surface area contributed by atoms with E-state index in [0.29, 0.717) is 13.0 Å². The van der Waals surface area contributed by atoms with Crippen LogP contribution in [0.2, 0.25) is 0 Å². The predicted molar refractivity (Wildman–Crippen MR) is 70.1 cm³/mol. The molecule has 0 aromatic carbocycles. The third-order valence-electron chi connectivity index (χ3n) is 2.72. The van der Waals surface area contributed by atoms with Crippen LogP contribution in [0.25, 0.3) is 0 Å². The first-order valence-electron chi connectivity index (χ1n) is 6.23. The molecule has 0 aliphatic carbocycles. The summed E-state index contributed by atoms with van der Waals surface area (Å²) < 4.78 is 4.93. The quantitative estimate of drug-likeness (QED) is 0.767. The number of aliphatic carboxylic acids is 1. The third kappa shape index (κ3) is 4.75. The zero-order valence-corrected chi connectivity index (χ0v) is 11.5. The van der Waals surface area contributed by atoms with Crippen LogP contribution in [0.5, 0.6) is 0 Å². The number of carboxylic acid groups (broad SMARTS) is 1. The molecular formula is C13H18N2O5. The van der Waals surface area contributed by atoms with Gasteiger partial charge in [-0.15, -0.1) is 0 Å². The molecule has 0 bridgehead atoms. The molecular weight excluding hydrogens is 264 g/mol. The number of amides is 2. The maximum Gasteiger partial charge on any atom is 0.303 e. The van der Waals surface area contributed by atoms with Crippen molar-refractivity contribution in [1.82, 2.24) is 10.2 Å². The summed E-state index contributed by atoms with van der Waals surface area (Å²) >= 11 is 0. The van der Waals surface area contributed by atoms with Crippen molar-refractivity contribution in [2.24, 2.45) is 0 Å². The summed E-state index contributed by atoms with van der Waals surface area (Å²) in [6.45, 7) is 1.89. The van der Waals surface area contributed by atoms with Crippen molar-refractivity contribution in [3.63, 3.8) is 0 Å². The van der Waals surface area contributed by atoms with E-state index in [1.807, 2.05) is 0 Å². The first-order chi connectivity index (χ1) is 9.41. The summed E-state index contributed by atoms with van der Waals surface area (Å²) in [5, 5.41) is 11.0. The number of likely N-dealkylation sites (N-methyl/N-ethyl adjacent to an activating group) is 1. The minimum atomic E-state index is -0.898. The van der Waals surface area contributed by atoms with E-state index in [9.17, 15) is 14.4 Å². The van der Waals surface area contributed by atoms with E-state index in [4.69, 9.17) is 9.52 Å². The van der Waals surface area contributed by atoms with Gasteiger partial charge in [-0.1, -0.05) is 0 Å². The van der Waals surface area contributed by atoms with Gasteiger partial charge in [0.15, 0.2) is 5.76 Å². The summed E-state index contributed by atoms with van der Waals surface area (Å²) in [5.41, 5.74) is 0. The van der Waals surface area contributed by atoms with Crippen LogP contribution >= 0.6 is 0 Å². The highest BCUT2D eigenvalue weighted by Crippen LogP contribution is 2.02. The monoisotopic (exact) mass is 282 g/mol. The van der Waals surface area contributed by atoms with Crippen LogP contribution in [-0.4, -0.2) is 47.4 Å². The van der Waals surface area contributed by atoms with Crippen LogP contribution in [0.3, 0.4) is 0 Å². The molecule has 1 atom stereocenters. The fourth-order valence-corrected chi connectivity index (χ4v) is 1.65. The lowest BCUT2D eigenvalue weighted by Crippen LogP contribution is -2.45. The van der Waals surface area contributed by atoms with Gasteiger partial charge in [-0.25, -0.2) is 0 Å². The minimum Gasteiger partial charge on any atom is -0.481 e. The van der Waals surface area contributed by atoms with Gasteiger partial charge in [-0.2, -0.15) is 0 Å². The Morgan fingerprint density at radius 2 is 2.15 bits per heavy atom. The zero-order valence-electron chi connectivity index (χ0n) is 11.5. The van der Waals surface area contributed by atoms with Crippen LogP contribution in [0.15, 0.2) is 22.8 Å². The molecule has 0 fully saturated rings. The van der Waals surface area contributed by atoms with Gasteiger partial charge < -0.3 is 19.7 Å². The number of carbonyl (C=O) groups is 3. The zero-order chi connectivity index (χ0) is 15.1. The standard InChI is InChI=1S/C13H18N2O5/c1-9(14-12(18)10-5-4-8-20-10)13(19)15(2)7-3-6-11(16)17/h4-5,8-9H,3,6-7H2,1-2H3,(H,14,18)(H,16,17). The van der Waals surface area contributed by atoms with Gasteiger partial charge in [-0.05, 0) is 25.5 Å². The topological polar surface area (TPSA) is 99.9 Å². The van der Waals surface area contributed by atoms with E-state index in [1.165, 1.54) is 17.2 Å². The SMILES string of the molecule is CC(NC(=O)c1ccco1)C(=O)N(C)CCCC(=O)O. The van der Waals surface area contributed by atoms with Crippen LogP contribution < -0.4 is 5.32 Å². The molecule has 0 saturated heterocycles. The summed E-state index contributed by atoms with van der Waals surface area (Å²) in [5.74, 6) is -1.51. The smallest absolute Gasteiger partial charge is 0.303 e. The van der Waals surface area contributed by atoms with E-state index in [1.54, 1.807) is 20.0 Å². The average molecular weight is 282 g/mol. The molecule has 20 heavy (non-hydrogen) atoms. The lowest BCUT2D eigenvalue weighted by molar-refractivity contribution is -0.138. The Bertz CT molecular complexity index is 469. The Balaban J connectivity index is 2.41. The van der Waals surface area contributed by atoms with Crippen molar-refractivity contribution >= 4 is 17.8 Å². The van der Waals surface area contributed by atoms with Crippen molar-refractivity contribution in [2.75, 3.05) is 13.6 Å². The normalized spacial score (nSPS) is 11.7. The first kappa shape index (κ1) is 15.7. The molecule has 2 N–H and O–H groups in total. The number of nitrogens with one attached hydrogen (secondary N) is 1. The molecule has 1 rings (SSSR count). The fourth-order valence-electron chi connectivity index (χ4n) is 1.65. The number of hydrogen-bond acceptors (Lipinski definition) is 4. The van der Waals surface area contributed by atoms with Gasteiger partial charge in [0.05, 0.1) is 6.26 Å². The maximum atomic E-state index is 12.0. The Morgan fingerprint density at radius 3 is 2.70 bits per heavy atom. The number of carboxylic acids is 1. The predicted octanol–water partition coefficient (Wildman–Crippen LogP) is 0.721. The molecule has 0 aliphatic heterocycles. The highest BCUT2D eigenvalue weighted by molar-refractivity contribution is 5.95. The van der Waals surface area contributed by atoms with Gasteiger partial charge >= 0.3 is 5.97 Å². The number of furan rings is 1. The van der Waals surface area contributed by atoms with Gasteiger partial charge in [-0.3, -0.25) is 14.4 Å². The second-order valence-corrected chi connectivity index (χ2v) is 4.43. The minimum absolute atomic E-state index is 0.00472. The second-order valence-electron chi connectivity index (χ2n) is 4.43. The van der Waals surface area contributed by atoms with Gasteiger partial charge in [0.1, 0.15) is 6.04 Å². The number of hydrogen-bond donors (Lipinski definition) is 2. The summed E-state index contributed by atoms with van der Waals surface area (Å²) in [6.07, 6.45) is 1.75. The molecule has 1 unspecified atom stereocenters. The molecule has 1 aromatic heterocycles. The largest absolute Gasteiger partial charge is 0.481 e. The van der Waals surface area contributed by atoms with E-state index in [0.717, 1.165) is 0 Å². The molecule has 0 aliphatic rings. The number of nitrogens with zero attached hydrogens (tertiary/aromatic N) is 1. The van der Waals surface area contributed by atoms with Crippen molar-refractivity contribution in [3.8, 4) is 0 Å². The summed E-state index contributed by atoms with van der Waals surface area (Å²) in [4.78, 5) is 35.4. The van der Waals surface area contributed by atoms with Crippen LogP contribution in [0.1, 0.15) is 30.3 Å².